The third-order valence-corrected chi connectivity index (χ3v) is 4.27. The molecule has 0 bridgehead atoms. The van der Waals surface area contributed by atoms with E-state index >= 15 is 0 Å². The Morgan fingerprint density at radius 1 is 1.08 bits per heavy atom. The molecule has 1 aliphatic rings. The quantitative estimate of drug-likeness (QED) is 0.846. The van der Waals surface area contributed by atoms with Crippen LogP contribution < -0.4 is 16.0 Å². The lowest BCUT2D eigenvalue weighted by Gasteiger charge is -2.36. The number of carbonyl (C=O) groups is 2. The second-order valence-corrected chi connectivity index (χ2v) is 5.84. The van der Waals surface area contributed by atoms with Crippen molar-refractivity contribution in [3.63, 3.8) is 0 Å². The molecule has 1 aromatic heterocycles. The zero-order valence-electron chi connectivity index (χ0n) is 13.9. The number of nitrogens with two attached hydrogens (primary N) is 1. The Bertz CT molecular complexity index is 742. The standard InChI is InChI=1S/C18H21N5O2/c19-18(25)15-12-20-7-6-16(15)21-13-17(24)23-10-8-22(9-11-23)14-4-2-1-3-5-14/h1-7,12H,8-11,13H2,(H2,19,25)(H,20,21). The van der Waals surface area contributed by atoms with Crippen LogP contribution in [0.5, 0.6) is 0 Å². The number of nitrogens with zero attached hydrogens (tertiary/aromatic N) is 3. The van der Waals surface area contributed by atoms with Gasteiger partial charge in [-0.15, -0.1) is 0 Å². The molecule has 2 amide bonds. The second kappa shape index (κ2) is 7.65. The summed E-state index contributed by atoms with van der Waals surface area (Å²) >= 11 is 0. The molecule has 3 N–H and O–H groups in total. The van der Waals surface area contributed by atoms with E-state index in [1.54, 1.807) is 12.3 Å². The topological polar surface area (TPSA) is 91.6 Å². The van der Waals surface area contributed by atoms with Crippen molar-refractivity contribution in [1.82, 2.24) is 9.88 Å². The van der Waals surface area contributed by atoms with Crippen LogP contribution in [-0.2, 0) is 4.79 Å². The summed E-state index contributed by atoms with van der Waals surface area (Å²) in [4.78, 5) is 31.8. The average molecular weight is 339 g/mol. The minimum atomic E-state index is -0.570. The van der Waals surface area contributed by atoms with Crippen molar-refractivity contribution in [2.75, 3.05) is 42.9 Å². The number of para-hydroxylation sites is 1. The normalized spacial score (nSPS) is 14.2. The maximum absolute atomic E-state index is 12.4. The predicted octanol–water partition coefficient (Wildman–Crippen LogP) is 0.941. The van der Waals surface area contributed by atoms with E-state index < -0.39 is 5.91 Å². The van der Waals surface area contributed by atoms with Gasteiger partial charge in [0.1, 0.15) is 0 Å². The van der Waals surface area contributed by atoms with E-state index in [0.29, 0.717) is 18.8 Å². The Kier molecular flexibility index (Phi) is 5.13. The number of amides is 2. The summed E-state index contributed by atoms with van der Waals surface area (Å²) in [5.41, 5.74) is 7.30. The van der Waals surface area contributed by atoms with Gasteiger partial charge in [0.25, 0.3) is 5.91 Å². The smallest absolute Gasteiger partial charge is 0.252 e. The van der Waals surface area contributed by atoms with E-state index in [0.717, 1.165) is 13.1 Å². The molecule has 1 fully saturated rings. The third kappa shape index (κ3) is 4.06. The van der Waals surface area contributed by atoms with E-state index in [1.807, 2.05) is 23.1 Å². The summed E-state index contributed by atoms with van der Waals surface area (Å²) in [7, 11) is 0. The number of nitrogens with one attached hydrogen (secondary N) is 1. The van der Waals surface area contributed by atoms with E-state index in [-0.39, 0.29) is 18.0 Å². The molecular formula is C18H21N5O2. The van der Waals surface area contributed by atoms with Gasteiger partial charge in [0.05, 0.1) is 17.8 Å². The fourth-order valence-electron chi connectivity index (χ4n) is 2.88. The fraction of sp³-hybridized carbons (Fsp3) is 0.278. The van der Waals surface area contributed by atoms with Gasteiger partial charge in [-0.1, -0.05) is 18.2 Å². The number of hydrogen-bond donors (Lipinski definition) is 2. The Hall–Kier alpha value is -3.09. The van der Waals surface area contributed by atoms with Gasteiger partial charge >= 0.3 is 0 Å². The van der Waals surface area contributed by atoms with Crippen LogP contribution in [0.1, 0.15) is 10.4 Å². The number of piperazine rings is 1. The van der Waals surface area contributed by atoms with Crippen molar-refractivity contribution >= 4 is 23.2 Å². The minimum absolute atomic E-state index is 0.0000515. The van der Waals surface area contributed by atoms with E-state index in [1.165, 1.54) is 11.9 Å². The van der Waals surface area contributed by atoms with Gasteiger partial charge in [0.2, 0.25) is 5.91 Å². The first-order chi connectivity index (χ1) is 12.1. The van der Waals surface area contributed by atoms with Gasteiger partial charge in [0.15, 0.2) is 0 Å². The molecule has 3 rings (SSSR count). The highest BCUT2D eigenvalue weighted by atomic mass is 16.2. The van der Waals surface area contributed by atoms with Crippen LogP contribution in [0.25, 0.3) is 0 Å². The largest absolute Gasteiger partial charge is 0.375 e. The molecule has 0 aliphatic carbocycles. The van der Waals surface area contributed by atoms with Gasteiger partial charge in [-0.25, -0.2) is 0 Å². The Labute approximate surface area is 146 Å². The molecule has 2 aromatic rings. The van der Waals surface area contributed by atoms with Crippen molar-refractivity contribution < 1.29 is 9.59 Å². The summed E-state index contributed by atoms with van der Waals surface area (Å²) in [6.45, 7) is 3.08. The summed E-state index contributed by atoms with van der Waals surface area (Å²) in [6.07, 6.45) is 2.95. The summed E-state index contributed by atoms with van der Waals surface area (Å²) in [5.74, 6) is -0.570. The molecule has 1 saturated heterocycles. The maximum atomic E-state index is 12.4. The van der Waals surface area contributed by atoms with Gasteiger partial charge in [0, 0.05) is 44.3 Å². The maximum Gasteiger partial charge on any atom is 0.252 e. The summed E-state index contributed by atoms with van der Waals surface area (Å²) < 4.78 is 0. The molecule has 0 radical (unpaired) electrons. The minimum Gasteiger partial charge on any atom is -0.375 e. The zero-order chi connectivity index (χ0) is 17.6. The van der Waals surface area contributed by atoms with Crippen molar-refractivity contribution in [1.29, 1.82) is 0 Å². The van der Waals surface area contributed by atoms with Crippen molar-refractivity contribution in [3.05, 3.63) is 54.4 Å². The predicted molar refractivity (Wildman–Crippen MR) is 96.5 cm³/mol. The molecule has 1 aliphatic heterocycles. The molecule has 25 heavy (non-hydrogen) atoms. The number of primary amides is 1. The lowest BCUT2D eigenvalue weighted by molar-refractivity contribution is -0.129. The molecule has 2 heterocycles. The first-order valence-corrected chi connectivity index (χ1v) is 8.20. The number of hydrogen-bond acceptors (Lipinski definition) is 5. The summed E-state index contributed by atoms with van der Waals surface area (Å²) in [6, 6.07) is 11.8. The molecular weight excluding hydrogens is 318 g/mol. The first-order valence-electron chi connectivity index (χ1n) is 8.20. The monoisotopic (exact) mass is 339 g/mol. The average Bonchev–Trinajstić information content (AvgIpc) is 2.67. The van der Waals surface area contributed by atoms with Gasteiger partial charge in [-0.2, -0.15) is 0 Å². The first kappa shape index (κ1) is 16.8. The number of pyridine rings is 1. The molecule has 7 heteroatoms. The van der Waals surface area contributed by atoms with Crippen molar-refractivity contribution in [2.24, 2.45) is 5.73 Å². The molecule has 0 saturated carbocycles. The Morgan fingerprint density at radius 2 is 1.80 bits per heavy atom. The number of aromatic nitrogens is 1. The zero-order valence-corrected chi connectivity index (χ0v) is 13.9. The molecule has 0 unspecified atom stereocenters. The van der Waals surface area contributed by atoms with Crippen LogP contribution in [0.2, 0.25) is 0 Å². The van der Waals surface area contributed by atoms with E-state index in [9.17, 15) is 9.59 Å². The van der Waals surface area contributed by atoms with E-state index in [4.69, 9.17) is 5.73 Å². The molecule has 130 valence electrons. The number of carbonyl (C=O) groups excluding carboxylic acids is 2. The van der Waals surface area contributed by atoms with Gasteiger partial charge < -0.3 is 20.9 Å². The highest BCUT2D eigenvalue weighted by Crippen LogP contribution is 2.16. The highest BCUT2D eigenvalue weighted by Gasteiger charge is 2.21. The number of rotatable bonds is 5. The highest BCUT2D eigenvalue weighted by molar-refractivity contribution is 5.98. The van der Waals surface area contributed by atoms with Crippen LogP contribution in [0.15, 0.2) is 48.8 Å². The Balaban J connectivity index is 1.53. The molecule has 0 atom stereocenters. The molecule has 0 spiro atoms. The summed E-state index contributed by atoms with van der Waals surface area (Å²) in [5, 5.41) is 2.99. The van der Waals surface area contributed by atoms with Crippen LogP contribution in [0.4, 0.5) is 11.4 Å². The van der Waals surface area contributed by atoms with Crippen LogP contribution in [0, 0.1) is 0 Å². The van der Waals surface area contributed by atoms with Gasteiger partial charge in [-0.05, 0) is 18.2 Å². The third-order valence-electron chi connectivity index (χ3n) is 4.27. The van der Waals surface area contributed by atoms with Crippen LogP contribution >= 0.6 is 0 Å². The van der Waals surface area contributed by atoms with E-state index in [2.05, 4.69) is 27.3 Å². The SMILES string of the molecule is NC(=O)c1cnccc1NCC(=O)N1CCN(c2ccccc2)CC1. The molecule has 7 nitrogen and oxygen atoms in total. The lowest BCUT2D eigenvalue weighted by Crippen LogP contribution is -2.50. The van der Waals surface area contributed by atoms with Crippen LogP contribution in [0.3, 0.4) is 0 Å². The van der Waals surface area contributed by atoms with Gasteiger partial charge in [-0.3, -0.25) is 14.6 Å². The number of anilines is 2. The van der Waals surface area contributed by atoms with Crippen LogP contribution in [-0.4, -0.2) is 54.4 Å². The second-order valence-electron chi connectivity index (χ2n) is 5.84. The molecule has 1 aromatic carbocycles. The Morgan fingerprint density at radius 3 is 2.48 bits per heavy atom. The number of benzene rings is 1. The lowest BCUT2D eigenvalue weighted by atomic mass is 10.2. The van der Waals surface area contributed by atoms with Crippen molar-refractivity contribution in [2.45, 2.75) is 0 Å². The fourth-order valence-corrected chi connectivity index (χ4v) is 2.88. The van der Waals surface area contributed by atoms with Crippen molar-refractivity contribution in [3.8, 4) is 0 Å².